The van der Waals surface area contributed by atoms with Crippen molar-refractivity contribution in [3.8, 4) is 0 Å². The molecule has 1 spiro atoms. The fourth-order valence-electron chi connectivity index (χ4n) is 4.93. The number of hydrogen-bond acceptors (Lipinski definition) is 5. The molecule has 0 aromatic carbocycles. The van der Waals surface area contributed by atoms with Crippen LogP contribution in [0.1, 0.15) is 70.5 Å². The van der Waals surface area contributed by atoms with Crippen LogP contribution < -0.4 is 4.90 Å². The molecule has 1 saturated carbocycles. The summed E-state index contributed by atoms with van der Waals surface area (Å²) in [7, 11) is 0. The lowest BCUT2D eigenvalue weighted by atomic mass is 9.69. The first-order valence-corrected chi connectivity index (χ1v) is 11.2. The minimum atomic E-state index is 0.357. The van der Waals surface area contributed by atoms with E-state index >= 15 is 0 Å². The van der Waals surface area contributed by atoms with Crippen LogP contribution in [0.2, 0.25) is 0 Å². The van der Waals surface area contributed by atoms with E-state index in [0.717, 1.165) is 51.2 Å². The van der Waals surface area contributed by atoms with Gasteiger partial charge in [-0.15, -0.1) is 10.2 Å². The number of nitrogens with zero attached hydrogens (tertiary/aromatic N) is 5. The minimum Gasteiger partial charge on any atom is -0.379 e. The predicted octanol–water partition coefficient (Wildman–Crippen LogP) is 3.28. The van der Waals surface area contributed by atoms with Gasteiger partial charge in [-0.2, -0.15) is 0 Å². The van der Waals surface area contributed by atoms with Crippen molar-refractivity contribution in [3.05, 3.63) is 5.82 Å². The van der Waals surface area contributed by atoms with Gasteiger partial charge in [0.15, 0.2) is 0 Å². The number of rotatable bonds is 5. The van der Waals surface area contributed by atoms with Gasteiger partial charge in [0.25, 0.3) is 0 Å². The summed E-state index contributed by atoms with van der Waals surface area (Å²) in [5, 5.41) is 9.28. The number of ether oxygens (including phenoxy) is 1. The van der Waals surface area contributed by atoms with Crippen molar-refractivity contribution < 1.29 is 4.74 Å². The van der Waals surface area contributed by atoms with Crippen LogP contribution in [0.3, 0.4) is 0 Å². The van der Waals surface area contributed by atoms with Crippen LogP contribution in [0, 0.1) is 5.41 Å². The van der Waals surface area contributed by atoms with Crippen LogP contribution in [0.4, 0.5) is 5.95 Å². The van der Waals surface area contributed by atoms with E-state index in [4.69, 9.17) is 4.74 Å². The van der Waals surface area contributed by atoms with Crippen LogP contribution >= 0.6 is 0 Å². The molecule has 6 nitrogen and oxygen atoms in total. The summed E-state index contributed by atoms with van der Waals surface area (Å²) in [6.07, 6.45) is 9.40. The van der Waals surface area contributed by atoms with Crippen LogP contribution in [0.5, 0.6) is 0 Å². The van der Waals surface area contributed by atoms with Gasteiger partial charge < -0.3 is 14.5 Å². The molecule has 2 aliphatic heterocycles. The Morgan fingerprint density at radius 3 is 2.41 bits per heavy atom. The molecule has 3 aliphatic rings. The summed E-state index contributed by atoms with van der Waals surface area (Å²) in [5.41, 5.74) is 0.357. The third-order valence-corrected chi connectivity index (χ3v) is 6.75. The highest BCUT2D eigenvalue weighted by Crippen LogP contribution is 2.43. The van der Waals surface area contributed by atoms with E-state index in [2.05, 4.69) is 38.4 Å². The molecule has 1 aliphatic carbocycles. The lowest BCUT2D eigenvalue weighted by molar-refractivity contribution is 0.0187. The van der Waals surface area contributed by atoms with Crippen LogP contribution in [0.25, 0.3) is 0 Å². The molecule has 4 rings (SSSR count). The molecular weight excluding hydrogens is 338 g/mol. The molecule has 1 aromatic heterocycles. The van der Waals surface area contributed by atoms with E-state index in [0.29, 0.717) is 11.3 Å². The third kappa shape index (κ3) is 4.32. The average Bonchev–Trinajstić information content (AvgIpc) is 2.80. The molecule has 0 unspecified atom stereocenters. The molecular formula is C21H37N5O. The zero-order valence-corrected chi connectivity index (χ0v) is 17.3. The molecule has 0 N–H and O–H groups in total. The normalized spacial score (nSPS) is 24.0. The van der Waals surface area contributed by atoms with E-state index in [1.165, 1.54) is 58.0 Å². The predicted molar refractivity (Wildman–Crippen MR) is 108 cm³/mol. The van der Waals surface area contributed by atoms with Crippen molar-refractivity contribution in [2.24, 2.45) is 5.41 Å². The summed E-state index contributed by atoms with van der Waals surface area (Å²) in [6.45, 7) is 12.8. The van der Waals surface area contributed by atoms with Gasteiger partial charge in [0.1, 0.15) is 5.82 Å². The molecule has 0 bridgehead atoms. The van der Waals surface area contributed by atoms with Gasteiger partial charge in [-0.05, 0) is 38.8 Å². The first kappa shape index (κ1) is 19.2. The van der Waals surface area contributed by atoms with Gasteiger partial charge in [0.05, 0.1) is 13.2 Å². The molecule has 152 valence electrons. The largest absolute Gasteiger partial charge is 0.379 e. The quantitative estimate of drug-likeness (QED) is 0.790. The van der Waals surface area contributed by atoms with E-state index in [1.54, 1.807) is 0 Å². The number of aromatic nitrogens is 3. The summed E-state index contributed by atoms with van der Waals surface area (Å²) in [4.78, 5) is 5.10. The fourth-order valence-corrected chi connectivity index (χ4v) is 4.93. The number of likely N-dealkylation sites (tertiary alicyclic amines) is 1. The molecule has 3 heterocycles. The van der Waals surface area contributed by atoms with Gasteiger partial charge in [-0.3, -0.25) is 4.57 Å². The fraction of sp³-hybridized carbons (Fsp3) is 0.905. The maximum absolute atomic E-state index is 5.96. The van der Waals surface area contributed by atoms with Crippen molar-refractivity contribution in [2.45, 2.75) is 71.3 Å². The minimum absolute atomic E-state index is 0.357. The Labute approximate surface area is 164 Å². The molecule has 0 amide bonds. The summed E-state index contributed by atoms with van der Waals surface area (Å²) < 4.78 is 8.37. The first-order valence-electron chi connectivity index (χ1n) is 11.2. The maximum atomic E-state index is 5.96. The summed E-state index contributed by atoms with van der Waals surface area (Å²) >= 11 is 0. The zero-order valence-electron chi connectivity index (χ0n) is 17.3. The topological polar surface area (TPSA) is 46.4 Å². The molecule has 0 atom stereocenters. The highest BCUT2D eigenvalue weighted by atomic mass is 16.5. The zero-order chi connectivity index (χ0) is 18.7. The van der Waals surface area contributed by atoms with Crippen LogP contribution in [-0.2, 0) is 11.3 Å². The second-order valence-electron chi connectivity index (χ2n) is 9.25. The number of hydrogen-bond donors (Lipinski definition) is 0. The highest BCUT2D eigenvalue weighted by Gasteiger charge is 2.41. The Morgan fingerprint density at radius 2 is 1.74 bits per heavy atom. The second kappa shape index (κ2) is 8.48. The second-order valence-corrected chi connectivity index (χ2v) is 9.25. The van der Waals surface area contributed by atoms with Crippen molar-refractivity contribution in [1.29, 1.82) is 0 Å². The third-order valence-electron chi connectivity index (χ3n) is 6.75. The highest BCUT2D eigenvalue weighted by molar-refractivity contribution is 5.33. The van der Waals surface area contributed by atoms with Crippen LogP contribution in [-0.4, -0.2) is 65.6 Å². The summed E-state index contributed by atoms with van der Waals surface area (Å²) in [5.74, 6) is 2.61. The SMILES string of the molecule is CC(C)c1nnc(N2CCOCC3(CCC3)C2)n1CCN1CCCCCC1. The lowest BCUT2D eigenvalue weighted by Gasteiger charge is -2.42. The Kier molecular flexibility index (Phi) is 6.02. The Bertz CT molecular complexity index is 602. The maximum Gasteiger partial charge on any atom is 0.227 e. The van der Waals surface area contributed by atoms with E-state index in [1.807, 2.05) is 0 Å². The van der Waals surface area contributed by atoms with Crippen molar-refractivity contribution in [1.82, 2.24) is 19.7 Å². The smallest absolute Gasteiger partial charge is 0.227 e. The molecule has 0 radical (unpaired) electrons. The van der Waals surface area contributed by atoms with E-state index < -0.39 is 0 Å². The Hall–Kier alpha value is -1.14. The average molecular weight is 376 g/mol. The summed E-state index contributed by atoms with van der Waals surface area (Å²) in [6, 6.07) is 0. The van der Waals surface area contributed by atoms with Gasteiger partial charge in [0, 0.05) is 37.5 Å². The van der Waals surface area contributed by atoms with Gasteiger partial charge >= 0.3 is 0 Å². The van der Waals surface area contributed by atoms with Gasteiger partial charge in [-0.1, -0.05) is 33.1 Å². The number of anilines is 1. The van der Waals surface area contributed by atoms with Crippen molar-refractivity contribution in [3.63, 3.8) is 0 Å². The Balaban J connectivity index is 1.51. The van der Waals surface area contributed by atoms with Crippen molar-refractivity contribution >= 4 is 5.95 Å². The standard InChI is InChI=1S/C21H37N5O/c1-18(2)19-22-23-20(25-14-15-27-17-21(16-25)8-7-9-21)26(19)13-12-24-10-5-3-4-6-11-24/h18H,3-17H2,1-2H3. The molecule has 2 saturated heterocycles. The molecule has 27 heavy (non-hydrogen) atoms. The Morgan fingerprint density at radius 1 is 0.963 bits per heavy atom. The van der Waals surface area contributed by atoms with Gasteiger partial charge in [-0.25, -0.2) is 0 Å². The van der Waals surface area contributed by atoms with E-state index in [9.17, 15) is 0 Å². The monoisotopic (exact) mass is 375 g/mol. The van der Waals surface area contributed by atoms with E-state index in [-0.39, 0.29) is 0 Å². The van der Waals surface area contributed by atoms with Gasteiger partial charge in [0.2, 0.25) is 5.95 Å². The molecule has 1 aromatic rings. The lowest BCUT2D eigenvalue weighted by Crippen LogP contribution is -2.44. The first-order chi connectivity index (χ1) is 13.2. The molecule has 3 fully saturated rings. The van der Waals surface area contributed by atoms with Crippen molar-refractivity contribution in [2.75, 3.05) is 50.8 Å². The van der Waals surface area contributed by atoms with Crippen LogP contribution in [0.15, 0.2) is 0 Å². The molecule has 6 heteroatoms.